The normalized spacial score (nSPS) is 26.1. The van der Waals surface area contributed by atoms with Crippen LogP contribution in [0, 0.1) is 5.92 Å². The van der Waals surface area contributed by atoms with Crippen molar-refractivity contribution in [2.75, 3.05) is 7.11 Å². The lowest BCUT2D eigenvalue weighted by Gasteiger charge is -2.10. The number of halogens is 2. The minimum absolute atomic E-state index is 0.00463. The average Bonchev–Trinajstić information content (AvgIpc) is 2.82. The van der Waals surface area contributed by atoms with Crippen molar-refractivity contribution in [2.24, 2.45) is 5.92 Å². The summed E-state index contributed by atoms with van der Waals surface area (Å²) in [5.74, 6) is -2.49. The molecule has 2 heterocycles. The molecule has 0 amide bonds. The summed E-state index contributed by atoms with van der Waals surface area (Å²) in [6.07, 6.45) is 0.908. The molecule has 20 heavy (non-hydrogen) atoms. The first-order valence-electron chi connectivity index (χ1n) is 7.39. The van der Waals surface area contributed by atoms with Gasteiger partial charge in [0.1, 0.15) is 0 Å². The van der Waals surface area contributed by atoms with Crippen molar-refractivity contribution < 1.29 is 23.4 Å². The van der Waals surface area contributed by atoms with Gasteiger partial charge in [-0.05, 0) is 19.1 Å². The van der Waals surface area contributed by atoms with E-state index in [1.165, 1.54) is 7.11 Å². The zero-order chi connectivity index (χ0) is 15.9. The highest BCUT2D eigenvalue weighted by Crippen LogP contribution is 2.50. The topological polar surface area (TPSA) is 46.5 Å². The Morgan fingerprint density at radius 2 is 1.95 bits per heavy atom. The van der Waals surface area contributed by atoms with Crippen LogP contribution in [-0.4, -0.2) is 36.9 Å². The van der Waals surface area contributed by atoms with Gasteiger partial charge in [0.2, 0.25) is 5.92 Å². The summed E-state index contributed by atoms with van der Waals surface area (Å²) in [5.41, 5.74) is 0. The van der Waals surface area contributed by atoms with Gasteiger partial charge in [0, 0.05) is 12.5 Å². The molecule has 0 saturated carbocycles. The third kappa shape index (κ3) is 6.20. The Bertz CT molecular complexity index is 282. The molecule has 0 aromatic rings. The van der Waals surface area contributed by atoms with E-state index < -0.39 is 5.92 Å². The third-order valence-electron chi connectivity index (χ3n) is 3.61. The van der Waals surface area contributed by atoms with Crippen molar-refractivity contribution in [1.29, 1.82) is 0 Å². The molecule has 1 N–H and O–H groups in total. The van der Waals surface area contributed by atoms with Gasteiger partial charge in [-0.3, -0.25) is 4.79 Å². The van der Waals surface area contributed by atoms with Crippen LogP contribution >= 0.6 is 0 Å². The molecule has 0 spiro atoms. The van der Waals surface area contributed by atoms with Crippen LogP contribution in [0.4, 0.5) is 8.78 Å². The van der Waals surface area contributed by atoms with Crippen LogP contribution in [0.25, 0.3) is 0 Å². The molecule has 0 aliphatic carbocycles. The lowest BCUT2D eigenvalue weighted by atomic mass is 9.44. The molecule has 0 aromatic heterocycles. The zero-order valence-corrected chi connectivity index (χ0v) is 13.2. The monoisotopic (exact) mass is 292 g/mol. The van der Waals surface area contributed by atoms with Gasteiger partial charge >= 0.3 is 5.97 Å². The predicted molar refractivity (Wildman–Crippen MR) is 77.5 cm³/mol. The zero-order valence-electron chi connectivity index (χ0n) is 13.2. The van der Waals surface area contributed by atoms with Crippen LogP contribution in [0.2, 0.25) is 18.5 Å². The Balaban J connectivity index is 0.000000352. The lowest BCUT2D eigenvalue weighted by Crippen LogP contribution is -2.15. The molecule has 2 rings (SSSR count). The van der Waals surface area contributed by atoms with Crippen LogP contribution < -0.4 is 0 Å². The molecule has 0 bridgehead atoms. The molecule has 2 unspecified atom stereocenters. The second kappa shape index (κ2) is 8.60. The second-order valence-electron chi connectivity index (χ2n) is 5.59. The highest BCUT2D eigenvalue weighted by molar-refractivity contribution is 6.62. The Kier molecular flexibility index (Phi) is 8.32. The van der Waals surface area contributed by atoms with Crippen molar-refractivity contribution in [1.82, 2.24) is 0 Å². The molecule has 2 fully saturated rings. The summed E-state index contributed by atoms with van der Waals surface area (Å²) in [5, 5.41) is 9.16. The van der Waals surface area contributed by atoms with Crippen LogP contribution in [0.5, 0.6) is 0 Å². The Hall–Kier alpha value is -0.645. The number of alkyl halides is 2. The molecular weight excluding hydrogens is 265 g/mol. The van der Waals surface area contributed by atoms with E-state index in [2.05, 4.69) is 4.74 Å². The highest BCUT2D eigenvalue weighted by atomic mass is 19.3. The van der Waals surface area contributed by atoms with Crippen LogP contribution in [-0.2, 0) is 9.53 Å². The van der Waals surface area contributed by atoms with E-state index in [-0.39, 0.29) is 43.3 Å². The first-order chi connectivity index (χ1) is 9.25. The standard InChI is InChI=1S/C7H11BF2O.C5H10O2.C2H6/c9-7(10)2-5-1-6(11)3-8(5)4-7;1-4(2)5(6)7-3;1-2/h5-6,11H,1-4H2;4H,1-3H3;1-2H3. The minimum Gasteiger partial charge on any atom is -0.469 e. The summed E-state index contributed by atoms with van der Waals surface area (Å²) in [7, 11) is 1.39. The number of hydrogen-bond acceptors (Lipinski definition) is 3. The summed E-state index contributed by atoms with van der Waals surface area (Å²) in [4.78, 5) is 10.3. The molecule has 6 heteroatoms. The van der Waals surface area contributed by atoms with Crippen molar-refractivity contribution in [3.8, 4) is 0 Å². The number of fused-ring (bicyclic) bond motifs is 1. The van der Waals surface area contributed by atoms with Crippen LogP contribution in [0.15, 0.2) is 0 Å². The molecule has 2 saturated heterocycles. The van der Waals surface area contributed by atoms with E-state index in [1.54, 1.807) is 13.8 Å². The maximum absolute atomic E-state index is 12.7. The average molecular weight is 292 g/mol. The number of aliphatic hydroxyl groups excluding tert-OH is 1. The highest BCUT2D eigenvalue weighted by Gasteiger charge is 2.51. The summed E-state index contributed by atoms with van der Waals surface area (Å²) >= 11 is 0. The molecule has 3 nitrogen and oxygen atoms in total. The Labute approximate surface area is 121 Å². The first kappa shape index (κ1) is 19.4. The van der Waals surface area contributed by atoms with Crippen LogP contribution in [0.3, 0.4) is 0 Å². The van der Waals surface area contributed by atoms with E-state index in [0.29, 0.717) is 12.7 Å². The Morgan fingerprint density at radius 3 is 2.30 bits per heavy atom. The Morgan fingerprint density at radius 1 is 1.40 bits per heavy atom. The van der Waals surface area contributed by atoms with Gasteiger partial charge in [-0.2, -0.15) is 0 Å². The largest absolute Gasteiger partial charge is 0.469 e. The van der Waals surface area contributed by atoms with Gasteiger partial charge in [0.25, 0.3) is 0 Å². The number of carbonyl (C=O) groups excluding carboxylic acids is 1. The molecule has 2 atom stereocenters. The maximum Gasteiger partial charge on any atom is 0.308 e. The van der Waals surface area contributed by atoms with Crippen LogP contribution in [0.1, 0.15) is 40.5 Å². The smallest absolute Gasteiger partial charge is 0.308 e. The minimum atomic E-state index is -2.44. The SMILES string of the molecule is CC.COC(=O)C(C)C.OC1CB2CC(F)(F)CC2C1. The van der Waals surface area contributed by atoms with E-state index in [4.69, 9.17) is 5.11 Å². The first-order valence-corrected chi connectivity index (χ1v) is 7.39. The molecular formula is C14H27BF2O3. The number of esters is 1. The van der Waals surface area contributed by atoms with E-state index in [1.807, 2.05) is 13.8 Å². The predicted octanol–water partition coefficient (Wildman–Crippen LogP) is 3.50. The van der Waals surface area contributed by atoms with E-state index in [0.717, 1.165) is 0 Å². The summed E-state index contributed by atoms with van der Waals surface area (Å²) < 4.78 is 29.8. The quantitative estimate of drug-likeness (QED) is 0.594. The fraction of sp³-hybridized carbons (Fsp3) is 0.929. The number of hydrogen-bond donors (Lipinski definition) is 1. The molecule has 118 valence electrons. The van der Waals surface area contributed by atoms with Gasteiger partial charge in [-0.1, -0.05) is 33.5 Å². The lowest BCUT2D eigenvalue weighted by molar-refractivity contribution is -0.144. The number of methoxy groups -OCH3 is 1. The fourth-order valence-corrected chi connectivity index (χ4v) is 2.77. The molecule has 0 radical (unpaired) electrons. The van der Waals surface area contributed by atoms with Crippen molar-refractivity contribution in [3.05, 3.63) is 0 Å². The molecule has 0 aromatic carbocycles. The van der Waals surface area contributed by atoms with Crippen molar-refractivity contribution >= 4 is 12.7 Å². The summed E-state index contributed by atoms with van der Waals surface area (Å²) in [6, 6.07) is 0. The number of rotatable bonds is 1. The van der Waals surface area contributed by atoms with Gasteiger partial charge < -0.3 is 9.84 Å². The van der Waals surface area contributed by atoms with Gasteiger partial charge in [-0.25, -0.2) is 8.78 Å². The number of ether oxygens (including phenoxy) is 1. The fourth-order valence-electron chi connectivity index (χ4n) is 2.77. The number of aliphatic hydroxyl groups is 1. The van der Waals surface area contributed by atoms with Crippen molar-refractivity contribution in [3.63, 3.8) is 0 Å². The van der Waals surface area contributed by atoms with E-state index >= 15 is 0 Å². The molecule has 2 aliphatic rings. The van der Waals surface area contributed by atoms with Gasteiger partial charge in [0.05, 0.1) is 13.0 Å². The molecule has 2 aliphatic heterocycles. The third-order valence-corrected chi connectivity index (χ3v) is 3.61. The van der Waals surface area contributed by atoms with Gasteiger partial charge in [-0.15, -0.1) is 0 Å². The van der Waals surface area contributed by atoms with Gasteiger partial charge in [0.15, 0.2) is 6.71 Å². The van der Waals surface area contributed by atoms with Crippen molar-refractivity contribution in [2.45, 2.75) is 71.0 Å². The summed E-state index contributed by atoms with van der Waals surface area (Å²) in [6.45, 7) is 7.69. The maximum atomic E-state index is 12.7. The number of carbonyl (C=O) groups is 1. The van der Waals surface area contributed by atoms with E-state index in [9.17, 15) is 13.6 Å². The second-order valence-corrected chi connectivity index (χ2v) is 5.59.